The fraction of sp³-hybridized carbons (Fsp3) is 0.381. The van der Waals surface area contributed by atoms with Crippen LogP contribution in [0.4, 0.5) is 0 Å². The van der Waals surface area contributed by atoms with Crippen LogP contribution in [0.3, 0.4) is 0 Å². The van der Waals surface area contributed by atoms with Gasteiger partial charge in [-0.2, -0.15) is 0 Å². The Morgan fingerprint density at radius 1 is 0.250 bits per heavy atom. The topological polar surface area (TPSA) is 18.5 Å². The second kappa shape index (κ2) is 18.3. The standard InChI is InChI=1S/C84H92B2O2/c1-77(2,3)45-33-55-51-41-49(69-57(81(13,14)15)35-47(79(7,8)9)36-58(69)82(16,17)18)53-44-64-72-52(56-34-46(78(4,5)6)40-68-76(56)86(64)62-30-26-28-32-66(62)88-68)42-50(70-59(83(19,20)21)37-48(80(10,11)12)38-60(70)84(22,23)24)54-43-63(71(51)73(53)74(54)72)85-61-29-25-27-31-65(61)87-67(39-45)75(55)85/h25-44H,1-24H3. The Labute approximate surface area is 527 Å². The van der Waals surface area contributed by atoms with Crippen LogP contribution in [0.25, 0.3) is 76.8 Å². The minimum absolute atomic E-state index is 0.0753. The first-order valence-corrected chi connectivity index (χ1v) is 32.9. The van der Waals surface area contributed by atoms with Crippen LogP contribution in [-0.2, 0) is 43.3 Å². The van der Waals surface area contributed by atoms with E-state index in [0.717, 1.165) is 23.0 Å². The third-order valence-electron chi connectivity index (χ3n) is 20.6. The number of benzene rings is 10. The highest BCUT2D eigenvalue weighted by molar-refractivity contribution is 7.01. The summed E-state index contributed by atoms with van der Waals surface area (Å²) >= 11 is 0. The first-order chi connectivity index (χ1) is 40.7. The second-order valence-electron chi connectivity index (χ2n) is 35.4. The predicted octanol–water partition coefficient (Wildman–Crippen LogP) is 19.5. The Morgan fingerprint density at radius 3 is 0.841 bits per heavy atom. The summed E-state index contributed by atoms with van der Waals surface area (Å²) in [4.78, 5) is 0. The van der Waals surface area contributed by atoms with Gasteiger partial charge in [0.15, 0.2) is 0 Å². The highest BCUT2D eigenvalue weighted by Crippen LogP contribution is 2.56. The number of hydrogen-bond acceptors (Lipinski definition) is 2. The zero-order valence-corrected chi connectivity index (χ0v) is 57.5. The van der Waals surface area contributed by atoms with Crippen molar-refractivity contribution in [3.05, 3.63) is 166 Å². The fourth-order valence-corrected chi connectivity index (χ4v) is 15.8. The third-order valence-corrected chi connectivity index (χ3v) is 20.6. The minimum Gasteiger partial charge on any atom is -0.458 e. The lowest BCUT2D eigenvalue weighted by Gasteiger charge is -2.40. The molecule has 4 aliphatic rings. The average Bonchev–Trinajstić information content (AvgIpc) is 0.668. The van der Waals surface area contributed by atoms with E-state index in [-0.39, 0.29) is 56.7 Å². The molecule has 88 heavy (non-hydrogen) atoms. The van der Waals surface area contributed by atoms with Gasteiger partial charge < -0.3 is 9.47 Å². The van der Waals surface area contributed by atoms with E-state index in [9.17, 15) is 0 Å². The van der Waals surface area contributed by atoms with Crippen molar-refractivity contribution in [2.75, 3.05) is 0 Å². The van der Waals surface area contributed by atoms with Crippen LogP contribution in [0.1, 0.15) is 211 Å². The van der Waals surface area contributed by atoms with Crippen molar-refractivity contribution in [2.45, 2.75) is 209 Å². The Kier molecular flexibility index (Phi) is 12.2. The summed E-state index contributed by atoms with van der Waals surface area (Å²) in [7, 11) is 0. The first kappa shape index (κ1) is 58.6. The van der Waals surface area contributed by atoms with Crippen LogP contribution in [0.15, 0.2) is 121 Å². The maximum absolute atomic E-state index is 7.30. The second-order valence-corrected chi connectivity index (χ2v) is 35.4. The normalized spacial score (nSPS) is 14.7. The summed E-state index contributed by atoms with van der Waals surface area (Å²) in [6.07, 6.45) is 0. The van der Waals surface area contributed by atoms with Gasteiger partial charge in [-0.1, -0.05) is 262 Å². The summed E-state index contributed by atoms with van der Waals surface area (Å²) in [6.45, 7) is 57.7. The molecule has 0 spiro atoms. The van der Waals surface area contributed by atoms with E-state index >= 15 is 0 Å². The molecule has 4 heteroatoms. The van der Waals surface area contributed by atoms with Gasteiger partial charge in [0.2, 0.25) is 0 Å². The number of hydrogen-bond donors (Lipinski definition) is 0. The van der Waals surface area contributed by atoms with E-state index in [1.165, 1.54) is 154 Å². The third kappa shape index (κ3) is 8.70. The Bertz CT molecular complexity index is 4310. The molecule has 0 aromatic heterocycles. The molecule has 0 N–H and O–H groups in total. The number of fused-ring (bicyclic) bond motifs is 8. The van der Waals surface area contributed by atoms with Crippen molar-refractivity contribution < 1.29 is 9.47 Å². The van der Waals surface area contributed by atoms with E-state index < -0.39 is 0 Å². The van der Waals surface area contributed by atoms with Gasteiger partial charge in [0.1, 0.15) is 23.0 Å². The zero-order valence-electron chi connectivity index (χ0n) is 57.5. The molecule has 14 rings (SSSR count). The van der Waals surface area contributed by atoms with Crippen LogP contribution in [0.5, 0.6) is 23.0 Å². The molecule has 0 aliphatic carbocycles. The van der Waals surface area contributed by atoms with E-state index in [1.54, 1.807) is 0 Å². The molecule has 2 nitrogen and oxygen atoms in total. The summed E-state index contributed by atoms with van der Waals surface area (Å²) in [6, 6.07) is 49.0. The molecule has 0 radical (unpaired) electrons. The Morgan fingerprint density at radius 2 is 0.545 bits per heavy atom. The quantitative estimate of drug-likeness (QED) is 0.127. The molecular weight excluding hydrogens is 1060 g/mol. The van der Waals surface area contributed by atoms with Gasteiger partial charge in [-0.3, -0.25) is 0 Å². The van der Waals surface area contributed by atoms with Crippen LogP contribution < -0.4 is 42.3 Å². The zero-order chi connectivity index (χ0) is 63.2. The van der Waals surface area contributed by atoms with E-state index in [2.05, 4.69) is 287 Å². The van der Waals surface area contributed by atoms with Crippen molar-refractivity contribution in [3.8, 4) is 67.5 Å². The first-order valence-electron chi connectivity index (χ1n) is 32.9. The minimum atomic E-state index is -0.213. The van der Waals surface area contributed by atoms with E-state index in [4.69, 9.17) is 9.47 Å². The van der Waals surface area contributed by atoms with E-state index in [1.807, 2.05) is 0 Å². The maximum Gasteiger partial charge on any atom is 0.252 e. The molecule has 0 amide bonds. The summed E-state index contributed by atoms with van der Waals surface area (Å²) in [5.41, 5.74) is 27.8. The van der Waals surface area contributed by atoms with E-state index in [0.29, 0.717) is 0 Å². The number of para-hydroxylation sites is 2. The van der Waals surface area contributed by atoms with Crippen LogP contribution in [0, 0.1) is 0 Å². The average molecular weight is 1160 g/mol. The molecule has 4 heterocycles. The van der Waals surface area contributed by atoms with Gasteiger partial charge in [-0.15, -0.1) is 0 Å². The Balaban J connectivity index is 1.32. The molecule has 0 saturated carbocycles. The molecule has 446 valence electrons. The molecule has 0 atom stereocenters. The molecule has 0 bridgehead atoms. The maximum atomic E-state index is 7.30. The van der Waals surface area contributed by atoms with Gasteiger partial charge in [0.05, 0.1) is 0 Å². The molecule has 10 aromatic rings. The molecular formula is C84H92B2O2. The number of ether oxygens (including phenoxy) is 2. The summed E-state index contributed by atoms with van der Waals surface area (Å²) in [5.74, 6) is 3.83. The van der Waals surface area contributed by atoms with Gasteiger partial charge in [-0.25, -0.2) is 0 Å². The number of rotatable bonds is 2. The molecule has 0 unspecified atom stereocenters. The molecule has 4 aliphatic heterocycles. The van der Waals surface area contributed by atoms with Crippen molar-refractivity contribution in [1.82, 2.24) is 0 Å². The summed E-state index contributed by atoms with van der Waals surface area (Å²) in [5, 5.41) is 8.12. The smallest absolute Gasteiger partial charge is 0.252 e. The lowest BCUT2D eigenvalue weighted by atomic mass is 9.31. The van der Waals surface area contributed by atoms with Crippen molar-refractivity contribution in [1.29, 1.82) is 0 Å². The molecule has 0 fully saturated rings. The monoisotopic (exact) mass is 1150 g/mol. The SMILES string of the molecule is CC(C)(C)c1cc2c3c(c1)-c1cc(-c4c(C(C)(C)C)cc(C(C)(C)C)cc4C(C)(C)C)c4cc5c6c(cc(-c7c(C(C)(C)C)cc(C(C)(C)C)cc7C(C)(C)C)c7cc(c1c4c76)B3c1ccccc1O2)-c1cc(C(C)(C)C)cc2c1B5c1ccccc1O2. The lowest BCUT2D eigenvalue weighted by Crippen LogP contribution is -2.58. The van der Waals surface area contributed by atoms with Crippen LogP contribution in [0.2, 0.25) is 0 Å². The lowest BCUT2D eigenvalue weighted by molar-refractivity contribution is 0.483. The van der Waals surface area contributed by atoms with Gasteiger partial charge in [-0.05, 0) is 223 Å². The van der Waals surface area contributed by atoms with Crippen molar-refractivity contribution in [3.63, 3.8) is 0 Å². The highest BCUT2D eigenvalue weighted by Gasteiger charge is 2.46. The Hall–Kier alpha value is -7.03. The van der Waals surface area contributed by atoms with Crippen molar-refractivity contribution in [2.24, 2.45) is 0 Å². The molecule has 10 aromatic carbocycles. The largest absolute Gasteiger partial charge is 0.458 e. The molecule has 0 saturated heterocycles. The fourth-order valence-electron chi connectivity index (χ4n) is 15.8. The van der Waals surface area contributed by atoms with Gasteiger partial charge in [0.25, 0.3) is 13.4 Å². The van der Waals surface area contributed by atoms with Gasteiger partial charge in [0, 0.05) is 0 Å². The summed E-state index contributed by atoms with van der Waals surface area (Å²) < 4.78 is 14.6. The van der Waals surface area contributed by atoms with Crippen LogP contribution >= 0.6 is 0 Å². The van der Waals surface area contributed by atoms with Crippen molar-refractivity contribution >= 4 is 78.5 Å². The van der Waals surface area contributed by atoms with Gasteiger partial charge >= 0.3 is 0 Å². The highest BCUT2D eigenvalue weighted by atomic mass is 16.5. The predicted molar refractivity (Wildman–Crippen MR) is 384 cm³/mol. The van der Waals surface area contributed by atoms with Crippen LogP contribution in [-0.4, -0.2) is 13.4 Å².